The van der Waals surface area contributed by atoms with Crippen LogP contribution in [0.3, 0.4) is 0 Å². The zero-order chi connectivity index (χ0) is 18.1. The monoisotopic (exact) mass is 344 g/mol. The first-order valence-electron chi connectivity index (χ1n) is 8.60. The minimum atomic E-state index is -0.809. The second kappa shape index (κ2) is 9.07. The molecule has 134 valence electrons. The maximum atomic E-state index is 11.9. The van der Waals surface area contributed by atoms with Crippen molar-refractivity contribution in [1.29, 1.82) is 5.26 Å². The number of nitrogens with zero attached hydrogens (tertiary/aromatic N) is 1. The van der Waals surface area contributed by atoms with Gasteiger partial charge in [0.25, 0.3) is 5.91 Å². The van der Waals surface area contributed by atoms with Gasteiger partial charge in [-0.3, -0.25) is 9.59 Å². The molecule has 1 N–H and O–H groups in total. The molecule has 0 heterocycles. The number of ether oxygens (including phenoxy) is 2. The molecule has 2 rings (SSSR count). The van der Waals surface area contributed by atoms with E-state index in [2.05, 4.69) is 11.4 Å². The van der Waals surface area contributed by atoms with Crippen molar-refractivity contribution >= 4 is 11.9 Å². The summed E-state index contributed by atoms with van der Waals surface area (Å²) >= 11 is 0. The smallest absolute Gasteiger partial charge is 0.309 e. The third-order valence-corrected chi connectivity index (χ3v) is 4.26. The van der Waals surface area contributed by atoms with E-state index in [-0.39, 0.29) is 19.6 Å². The maximum Gasteiger partial charge on any atom is 0.309 e. The first kappa shape index (κ1) is 18.8. The maximum absolute atomic E-state index is 11.9. The second-order valence-electron chi connectivity index (χ2n) is 6.37. The number of nitrogens with one attached hydrogen (secondary N) is 1. The van der Waals surface area contributed by atoms with Crippen molar-refractivity contribution in [3.05, 3.63) is 29.8 Å². The Labute approximate surface area is 148 Å². The molecule has 0 saturated heterocycles. The van der Waals surface area contributed by atoms with E-state index in [1.807, 2.05) is 31.2 Å². The normalized spacial score (nSPS) is 15.7. The molecule has 1 fully saturated rings. The summed E-state index contributed by atoms with van der Waals surface area (Å²) in [6.07, 6.45) is 4.27. The lowest BCUT2D eigenvalue weighted by Gasteiger charge is -2.31. The fourth-order valence-corrected chi connectivity index (χ4v) is 2.83. The molecule has 6 heteroatoms. The Kier molecular flexibility index (Phi) is 6.81. The van der Waals surface area contributed by atoms with Gasteiger partial charge in [0.2, 0.25) is 0 Å². The van der Waals surface area contributed by atoms with E-state index in [1.165, 1.54) is 0 Å². The van der Waals surface area contributed by atoms with Crippen LogP contribution in [0.15, 0.2) is 24.3 Å². The summed E-state index contributed by atoms with van der Waals surface area (Å²) in [5.41, 5.74) is 0.321. The van der Waals surface area contributed by atoms with Crippen LogP contribution in [0.5, 0.6) is 5.75 Å². The van der Waals surface area contributed by atoms with Gasteiger partial charge in [0.15, 0.2) is 6.61 Å². The van der Waals surface area contributed by atoms with Crippen molar-refractivity contribution in [1.82, 2.24) is 5.32 Å². The van der Waals surface area contributed by atoms with Crippen molar-refractivity contribution in [3.8, 4) is 11.8 Å². The lowest BCUT2D eigenvalue weighted by atomic mass is 9.83. The number of hydrogen-bond donors (Lipinski definition) is 1. The van der Waals surface area contributed by atoms with Crippen molar-refractivity contribution in [2.75, 3.05) is 13.2 Å². The van der Waals surface area contributed by atoms with Gasteiger partial charge in [-0.2, -0.15) is 5.26 Å². The minimum absolute atomic E-state index is 0.0601. The molecule has 1 aromatic carbocycles. The summed E-state index contributed by atoms with van der Waals surface area (Å²) in [5.74, 6) is -0.252. The van der Waals surface area contributed by atoms with Gasteiger partial charge in [0.1, 0.15) is 11.3 Å². The third kappa shape index (κ3) is 6.11. The molecule has 6 nitrogen and oxygen atoms in total. The van der Waals surface area contributed by atoms with Crippen molar-refractivity contribution in [2.24, 2.45) is 0 Å². The van der Waals surface area contributed by atoms with Gasteiger partial charge < -0.3 is 14.8 Å². The fourth-order valence-electron chi connectivity index (χ4n) is 2.83. The molecular weight excluding hydrogens is 320 g/mol. The number of rotatable bonds is 7. The number of amides is 1. The van der Waals surface area contributed by atoms with E-state index in [0.29, 0.717) is 18.6 Å². The molecule has 1 aliphatic carbocycles. The molecule has 0 aliphatic heterocycles. The summed E-state index contributed by atoms with van der Waals surface area (Å²) in [4.78, 5) is 23.6. The molecule has 0 bridgehead atoms. The molecule has 25 heavy (non-hydrogen) atoms. The van der Waals surface area contributed by atoms with Crippen LogP contribution < -0.4 is 10.1 Å². The first-order chi connectivity index (χ1) is 12.0. The Hall–Kier alpha value is -2.55. The predicted octanol–water partition coefficient (Wildman–Crippen LogP) is 2.65. The highest BCUT2D eigenvalue weighted by molar-refractivity contribution is 5.81. The van der Waals surface area contributed by atoms with E-state index in [9.17, 15) is 14.9 Å². The van der Waals surface area contributed by atoms with Crippen molar-refractivity contribution < 1.29 is 19.1 Å². The van der Waals surface area contributed by atoms with Gasteiger partial charge >= 0.3 is 5.97 Å². The number of benzene rings is 1. The largest absolute Gasteiger partial charge is 0.493 e. The molecule has 0 radical (unpaired) electrons. The fraction of sp³-hybridized carbons (Fsp3) is 0.526. The number of nitriles is 1. The van der Waals surface area contributed by atoms with Crippen LogP contribution in [0.2, 0.25) is 0 Å². The first-order valence-corrected chi connectivity index (χ1v) is 8.60. The van der Waals surface area contributed by atoms with Gasteiger partial charge in [-0.05, 0) is 31.9 Å². The minimum Gasteiger partial charge on any atom is -0.493 e. The van der Waals surface area contributed by atoms with Crippen LogP contribution >= 0.6 is 0 Å². The van der Waals surface area contributed by atoms with Crippen LogP contribution in [0.1, 0.15) is 44.1 Å². The second-order valence-corrected chi connectivity index (χ2v) is 6.37. The lowest BCUT2D eigenvalue weighted by Crippen LogP contribution is -2.50. The molecule has 1 aliphatic rings. The van der Waals surface area contributed by atoms with Gasteiger partial charge in [-0.25, -0.2) is 0 Å². The summed E-state index contributed by atoms with van der Waals surface area (Å²) in [6.45, 7) is 1.80. The Morgan fingerprint density at radius 2 is 1.88 bits per heavy atom. The van der Waals surface area contributed by atoms with E-state index in [1.54, 1.807) is 0 Å². The van der Waals surface area contributed by atoms with Crippen LogP contribution in [-0.2, 0) is 14.3 Å². The zero-order valence-electron chi connectivity index (χ0n) is 14.5. The zero-order valence-corrected chi connectivity index (χ0v) is 14.5. The van der Waals surface area contributed by atoms with Gasteiger partial charge in [0.05, 0.1) is 19.1 Å². The molecule has 0 spiro atoms. The highest BCUT2D eigenvalue weighted by atomic mass is 16.5. The number of aryl methyl sites for hydroxylation is 1. The van der Waals surface area contributed by atoms with Crippen LogP contribution in [0, 0.1) is 18.3 Å². The molecule has 1 saturated carbocycles. The van der Waals surface area contributed by atoms with E-state index in [0.717, 1.165) is 24.8 Å². The molecule has 1 aromatic rings. The number of carbonyl (C=O) groups excluding carboxylic acids is 2. The average Bonchev–Trinajstić information content (AvgIpc) is 2.62. The quantitative estimate of drug-likeness (QED) is 0.768. The summed E-state index contributed by atoms with van der Waals surface area (Å²) in [6, 6.07) is 9.72. The Balaban J connectivity index is 1.66. The van der Waals surface area contributed by atoms with Crippen molar-refractivity contribution in [2.45, 2.75) is 51.0 Å². The van der Waals surface area contributed by atoms with Gasteiger partial charge in [-0.1, -0.05) is 37.0 Å². The van der Waals surface area contributed by atoms with Crippen molar-refractivity contribution in [3.63, 3.8) is 0 Å². The summed E-state index contributed by atoms with van der Waals surface area (Å²) < 4.78 is 10.4. The highest BCUT2D eigenvalue weighted by Gasteiger charge is 2.33. The van der Waals surface area contributed by atoms with Crippen LogP contribution in [0.4, 0.5) is 0 Å². The number of esters is 1. The average molecular weight is 344 g/mol. The predicted molar refractivity (Wildman–Crippen MR) is 91.8 cm³/mol. The molecule has 0 unspecified atom stereocenters. The molecule has 0 atom stereocenters. The summed E-state index contributed by atoms with van der Waals surface area (Å²) in [7, 11) is 0. The molecule has 1 amide bonds. The topological polar surface area (TPSA) is 88.4 Å². The van der Waals surface area contributed by atoms with E-state index < -0.39 is 17.4 Å². The highest BCUT2D eigenvalue weighted by Crippen LogP contribution is 2.27. The Bertz CT molecular complexity index is 628. The van der Waals surface area contributed by atoms with Crippen LogP contribution in [-0.4, -0.2) is 30.6 Å². The molecule has 0 aromatic heterocycles. The van der Waals surface area contributed by atoms with Gasteiger partial charge in [-0.15, -0.1) is 0 Å². The van der Waals surface area contributed by atoms with Crippen LogP contribution in [0.25, 0.3) is 0 Å². The number of carbonyl (C=O) groups is 2. The number of hydrogen-bond acceptors (Lipinski definition) is 5. The third-order valence-electron chi connectivity index (χ3n) is 4.26. The van der Waals surface area contributed by atoms with E-state index >= 15 is 0 Å². The van der Waals surface area contributed by atoms with E-state index in [4.69, 9.17) is 9.47 Å². The SMILES string of the molecule is Cc1ccc(OCCC(=O)OCC(=O)NC2(C#N)CCCCC2)cc1. The lowest BCUT2D eigenvalue weighted by molar-refractivity contribution is -0.149. The Morgan fingerprint density at radius 3 is 2.52 bits per heavy atom. The Morgan fingerprint density at radius 1 is 1.20 bits per heavy atom. The summed E-state index contributed by atoms with van der Waals surface area (Å²) in [5, 5.41) is 12.0. The molecular formula is C19H24N2O4. The van der Waals surface area contributed by atoms with Gasteiger partial charge in [0, 0.05) is 0 Å². The standard InChI is InChI=1S/C19H24N2O4/c1-15-5-7-16(8-6-15)24-12-9-18(23)25-13-17(22)21-19(14-20)10-3-2-4-11-19/h5-8H,2-4,9-13H2,1H3,(H,21,22).